The van der Waals surface area contributed by atoms with E-state index in [1.165, 1.54) is 0 Å². The summed E-state index contributed by atoms with van der Waals surface area (Å²) in [5.74, 6) is 0.799. The van der Waals surface area contributed by atoms with Crippen molar-refractivity contribution >= 4 is 22.5 Å². The number of rotatable bonds is 4. The molecular weight excluding hydrogens is 344 g/mol. The Morgan fingerprint density at radius 3 is 2.81 bits per heavy atom. The summed E-state index contributed by atoms with van der Waals surface area (Å²) in [6.07, 6.45) is 1.70. The standard InChI is InChI=1S/C20H20N4O3/c1-20(2,3)22-18(25)12-26-19-9-8-17-21-11-14(24(17)23-19)16-10-13-6-4-5-7-15(13)27-16/h4-11H,12H2,1-3H3,(H,22,25). The zero-order chi connectivity index (χ0) is 19.0. The van der Waals surface area contributed by atoms with E-state index in [0.29, 0.717) is 23.0 Å². The predicted octanol–water partition coefficient (Wildman–Crippen LogP) is 3.44. The maximum absolute atomic E-state index is 11.9. The van der Waals surface area contributed by atoms with Crippen LogP contribution in [0.1, 0.15) is 20.8 Å². The molecule has 0 aliphatic heterocycles. The first kappa shape index (κ1) is 17.1. The van der Waals surface area contributed by atoms with E-state index in [1.54, 1.807) is 22.8 Å². The van der Waals surface area contributed by atoms with Crippen LogP contribution in [0.3, 0.4) is 0 Å². The topological polar surface area (TPSA) is 81.7 Å². The minimum atomic E-state index is -0.309. The number of aromatic nitrogens is 3. The second-order valence-corrected chi connectivity index (χ2v) is 7.32. The zero-order valence-electron chi connectivity index (χ0n) is 15.4. The summed E-state index contributed by atoms with van der Waals surface area (Å²) in [6.45, 7) is 5.64. The fourth-order valence-electron chi connectivity index (χ4n) is 2.80. The molecule has 4 aromatic rings. The van der Waals surface area contributed by atoms with Crippen molar-refractivity contribution in [2.24, 2.45) is 0 Å². The van der Waals surface area contributed by atoms with Crippen LogP contribution in [0.15, 0.2) is 53.1 Å². The van der Waals surface area contributed by atoms with Gasteiger partial charge in [-0.25, -0.2) is 9.50 Å². The van der Waals surface area contributed by atoms with Gasteiger partial charge in [-0.05, 0) is 39.0 Å². The van der Waals surface area contributed by atoms with Crippen LogP contribution in [0.5, 0.6) is 5.88 Å². The van der Waals surface area contributed by atoms with Crippen molar-refractivity contribution in [2.75, 3.05) is 6.61 Å². The average Bonchev–Trinajstić information content (AvgIpc) is 3.21. The van der Waals surface area contributed by atoms with Crippen molar-refractivity contribution in [1.29, 1.82) is 0 Å². The van der Waals surface area contributed by atoms with Crippen LogP contribution in [0.25, 0.3) is 28.1 Å². The van der Waals surface area contributed by atoms with Crippen molar-refractivity contribution < 1.29 is 13.9 Å². The minimum absolute atomic E-state index is 0.107. The van der Waals surface area contributed by atoms with Crippen LogP contribution in [0.4, 0.5) is 0 Å². The maximum Gasteiger partial charge on any atom is 0.258 e. The van der Waals surface area contributed by atoms with Gasteiger partial charge in [0.2, 0.25) is 5.88 Å². The highest BCUT2D eigenvalue weighted by Crippen LogP contribution is 2.28. The predicted molar refractivity (Wildman–Crippen MR) is 102 cm³/mol. The number of hydrogen-bond donors (Lipinski definition) is 1. The van der Waals surface area contributed by atoms with Gasteiger partial charge >= 0.3 is 0 Å². The molecule has 0 bridgehead atoms. The van der Waals surface area contributed by atoms with E-state index in [4.69, 9.17) is 9.15 Å². The van der Waals surface area contributed by atoms with Gasteiger partial charge in [0.25, 0.3) is 5.91 Å². The van der Waals surface area contributed by atoms with Crippen molar-refractivity contribution in [1.82, 2.24) is 19.9 Å². The van der Waals surface area contributed by atoms with E-state index in [-0.39, 0.29) is 18.1 Å². The third-order valence-electron chi connectivity index (χ3n) is 3.88. The van der Waals surface area contributed by atoms with E-state index in [9.17, 15) is 4.79 Å². The summed E-state index contributed by atoms with van der Waals surface area (Å²) in [7, 11) is 0. The number of hydrogen-bond acceptors (Lipinski definition) is 5. The molecule has 3 aromatic heterocycles. The molecule has 3 heterocycles. The number of carbonyl (C=O) groups is 1. The van der Waals surface area contributed by atoms with Gasteiger partial charge < -0.3 is 14.5 Å². The van der Waals surface area contributed by atoms with Crippen LogP contribution in [-0.4, -0.2) is 32.7 Å². The summed E-state index contributed by atoms with van der Waals surface area (Å²) >= 11 is 0. The van der Waals surface area contributed by atoms with Gasteiger partial charge in [0.1, 0.15) is 11.3 Å². The molecule has 0 spiro atoms. The first-order valence-corrected chi connectivity index (χ1v) is 8.67. The third kappa shape index (κ3) is 3.62. The fraction of sp³-hybridized carbons (Fsp3) is 0.250. The number of benzene rings is 1. The van der Waals surface area contributed by atoms with Crippen LogP contribution in [-0.2, 0) is 4.79 Å². The number of amides is 1. The van der Waals surface area contributed by atoms with E-state index in [0.717, 1.165) is 11.0 Å². The van der Waals surface area contributed by atoms with Crippen LogP contribution >= 0.6 is 0 Å². The van der Waals surface area contributed by atoms with Crippen LogP contribution in [0.2, 0.25) is 0 Å². The molecule has 138 valence electrons. The summed E-state index contributed by atoms with van der Waals surface area (Å²) in [4.78, 5) is 16.3. The van der Waals surface area contributed by atoms with Crippen LogP contribution in [0, 0.1) is 0 Å². The quantitative estimate of drug-likeness (QED) is 0.600. The SMILES string of the molecule is CC(C)(C)NC(=O)COc1ccc2ncc(-c3cc4ccccc4o3)n2n1. The molecule has 0 aliphatic rings. The molecule has 0 atom stereocenters. The number of para-hydroxylation sites is 1. The first-order chi connectivity index (χ1) is 12.9. The number of carbonyl (C=O) groups excluding carboxylic acids is 1. The lowest BCUT2D eigenvalue weighted by molar-refractivity contribution is -0.124. The van der Waals surface area contributed by atoms with E-state index < -0.39 is 0 Å². The van der Waals surface area contributed by atoms with Gasteiger partial charge in [-0.15, -0.1) is 5.10 Å². The Morgan fingerprint density at radius 1 is 1.22 bits per heavy atom. The Hall–Kier alpha value is -3.35. The molecule has 0 unspecified atom stereocenters. The lowest BCUT2D eigenvalue weighted by atomic mass is 10.1. The molecule has 7 nitrogen and oxygen atoms in total. The van der Waals surface area contributed by atoms with Crippen molar-refractivity contribution in [2.45, 2.75) is 26.3 Å². The normalized spacial score (nSPS) is 11.8. The number of nitrogens with zero attached hydrogens (tertiary/aromatic N) is 3. The summed E-state index contributed by atoms with van der Waals surface area (Å²) in [5.41, 5.74) is 1.87. The lowest BCUT2D eigenvalue weighted by Gasteiger charge is -2.20. The largest absolute Gasteiger partial charge is 0.467 e. The summed E-state index contributed by atoms with van der Waals surface area (Å²) < 4.78 is 13.1. The third-order valence-corrected chi connectivity index (χ3v) is 3.88. The molecule has 0 radical (unpaired) electrons. The van der Waals surface area contributed by atoms with Gasteiger partial charge in [0.15, 0.2) is 18.0 Å². The molecule has 7 heteroatoms. The Balaban J connectivity index is 1.60. The average molecular weight is 364 g/mol. The highest BCUT2D eigenvalue weighted by molar-refractivity contribution is 5.82. The number of fused-ring (bicyclic) bond motifs is 2. The molecule has 1 amide bonds. The number of nitrogens with one attached hydrogen (secondary N) is 1. The van der Waals surface area contributed by atoms with Crippen molar-refractivity contribution in [3.8, 4) is 17.3 Å². The number of imidazole rings is 1. The molecule has 0 saturated heterocycles. The van der Waals surface area contributed by atoms with Gasteiger partial charge in [0, 0.05) is 17.0 Å². The minimum Gasteiger partial charge on any atom is -0.467 e. The second kappa shape index (κ2) is 6.42. The van der Waals surface area contributed by atoms with Gasteiger partial charge in [-0.1, -0.05) is 18.2 Å². The second-order valence-electron chi connectivity index (χ2n) is 7.32. The van der Waals surface area contributed by atoms with Crippen molar-refractivity contribution in [3.05, 3.63) is 48.7 Å². The smallest absolute Gasteiger partial charge is 0.258 e. The molecule has 4 rings (SSSR count). The maximum atomic E-state index is 11.9. The van der Waals surface area contributed by atoms with Gasteiger partial charge in [-0.3, -0.25) is 4.79 Å². The molecule has 0 fully saturated rings. The molecule has 0 aliphatic carbocycles. The van der Waals surface area contributed by atoms with E-state index in [2.05, 4.69) is 15.4 Å². The Bertz CT molecular complexity index is 1090. The molecule has 27 heavy (non-hydrogen) atoms. The number of furan rings is 1. The van der Waals surface area contributed by atoms with Gasteiger partial charge in [-0.2, -0.15) is 0 Å². The monoisotopic (exact) mass is 364 g/mol. The first-order valence-electron chi connectivity index (χ1n) is 8.67. The Kier molecular flexibility index (Phi) is 4.07. The summed E-state index contributed by atoms with van der Waals surface area (Å²) in [5, 5.41) is 8.30. The van der Waals surface area contributed by atoms with E-state index in [1.807, 2.05) is 51.1 Å². The fourth-order valence-corrected chi connectivity index (χ4v) is 2.80. The van der Waals surface area contributed by atoms with Crippen LogP contribution < -0.4 is 10.1 Å². The number of ether oxygens (including phenoxy) is 1. The summed E-state index contributed by atoms with van der Waals surface area (Å²) in [6, 6.07) is 13.2. The zero-order valence-corrected chi connectivity index (χ0v) is 15.4. The molecule has 1 N–H and O–H groups in total. The Labute approximate surface area is 156 Å². The Morgan fingerprint density at radius 2 is 2.04 bits per heavy atom. The van der Waals surface area contributed by atoms with Gasteiger partial charge in [0.05, 0.1) is 6.20 Å². The highest BCUT2D eigenvalue weighted by atomic mass is 16.5. The highest BCUT2D eigenvalue weighted by Gasteiger charge is 2.16. The molecule has 1 aromatic carbocycles. The van der Waals surface area contributed by atoms with E-state index >= 15 is 0 Å². The molecular formula is C20H20N4O3. The molecule has 0 saturated carbocycles. The lowest BCUT2D eigenvalue weighted by Crippen LogP contribution is -2.43. The van der Waals surface area contributed by atoms with Crippen molar-refractivity contribution in [3.63, 3.8) is 0 Å².